The van der Waals surface area contributed by atoms with Crippen LogP contribution in [0.1, 0.15) is 11.1 Å². The van der Waals surface area contributed by atoms with Gasteiger partial charge in [-0.1, -0.05) is 42.5 Å². The van der Waals surface area contributed by atoms with Gasteiger partial charge in [-0.15, -0.1) is 0 Å². The highest BCUT2D eigenvalue weighted by atomic mass is 32.2. The van der Waals surface area contributed by atoms with E-state index in [-0.39, 0.29) is 24.8 Å². The van der Waals surface area contributed by atoms with Gasteiger partial charge in [-0.05, 0) is 36.1 Å². The first-order valence-electron chi connectivity index (χ1n) is 8.35. The van der Waals surface area contributed by atoms with Crippen molar-refractivity contribution in [3.05, 3.63) is 71.5 Å². The highest BCUT2D eigenvalue weighted by Crippen LogP contribution is 2.07. The number of carbonyl (C=O) groups is 1. The first-order valence-corrected chi connectivity index (χ1v) is 10.2. The second-order valence-corrected chi connectivity index (χ2v) is 8.04. The van der Waals surface area contributed by atoms with Gasteiger partial charge < -0.3 is 5.32 Å². The number of rotatable bonds is 9. The molecule has 2 rings (SSSR count). The maximum absolute atomic E-state index is 12.9. The predicted molar refractivity (Wildman–Crippen MR) is 99.7 cm³/mol. The minimum absolute atomic E-state index is 0.163. The van der Waals surface area contributed by atoms with Crippen LogP contribution in [0.15, 0.2) is 54.6 Å². The van der Waals surface area contributed by atoms with Crippen molar-refractivity contribution < 1.29 is 17.6 Å². The van der Waals surface area contributed by atoms with E-state index >= 15 is 0 Å². The maximum Gasteiger partial charge on any atom is 0.235 e. The smallest absolute Gasteiger partial charge is 0.235 e. The topological polar surface area (TPSA) is 66.5 Å². The Bertz CT molecular complexity index is 808. The third kappa shape index (κ3) is 6.93. The van der Waals surface area contributed by atoms with Crippen LogP contribution in [0.4, 0.5) is 4.39 Å². The lowest BCUT2D eigenvalue weighted by atomic mass is 10.1. The van der Waals surface area contributed by atoms with Gasteiger partial charge in [0.1, 0.15) is 5.82 Å². The molecule has 0 spiro atoms. The van der Waals surface area contributed by atoms with Gasteiger partial charge in [-0.25, -0.2) is 12.8 Å². The Morgan fingerprint density at radius 2 is 1.62 bits per heavy atom. The Morgan fingerprint density at radius 1 is 1.00 bits per heavy atom. The summed E-state index contributed by atoms with van der Waals surface area (Å²) in [6.07, 6.45) is 2.17. The quantitative estimate of drug-likeness (QED) is 0.726. The van der Waals surface area contributed by atoms with Crippen LogP contribution in [0.3, 0.4) is 0 Å². The summed E-state index contributed by atoms with van der Waals surface area (Å²) in [5.74, 6) is -0.683. The normalized spacial score (nSPS) is 11.5. The standard InChI is InChI=1S/C19H23FN2O3S/c1-26(24,25)22(14-12-17-7-9-18(20)10-8-17)15-19(23)21-13-11-16-5-3-2-4-6-16/h2-10H,11-15H2,1H3,(H,21,23). The van der Waals surface area contributed by atoms with Crippen molar-refractivity contribution in [3.8, 4) is 0 Å². The SMILES string of the molecule is CS(=O)(=O)N(CCc1ccc(F)cc1)CC(=O)NCCc1ccccc1. The van der Waals surface area contributed by atoms with Crippen LogP contribution in [0.5, 0.6) is 0 Å². The Hall–Kier alpha value is -2.25. The largest absolute Gasteiger partial charge is 0.355 e. The molecule has 0 saturated carbocycles. The highest BCUT2D eigenvalue weighted by molar-refractivity contribution is 7.88. The molecule has 0 aliphatic rings. The fourth-order valence-electron chi connectivity index (χ4n) is 2.47. The van der Waals surface area contributed by atoms with Gasteiger partial charge in [-0.3, -0.25) is 4.79 Å². The lowest BCUT2D eigenvalue weighted by Gasteiger charge is -2.19. The molecule has 2 aromatic carbocycles. The molecule has 0 aromatic heterocycles. The fraction of sp³-hybridized carbons (Fsp3) is 0.316. The number of nitrogens with one attached hydrogen (secondary N) is 1. The van der Waals surface area contributed by atoms with Crippen LogP contribution in [-0.2, 0) is 27.7 Å². The molecule has 0 unspecified atom stereocenters. The average Bonchev–Trinajstić information content (AvgIpc) is 2.60. The monoisotopic (exact) mass is 378 g/mol. The highest BCUT2D eigenvalue weighted by Gasteiger charge is 2.19. The van der Waals surface area contributed by atoms with Crippen molar-refractivity contribution in [1.82, 2.24) is 9.62 Å². The van der Waals surface area contributed by atoms with E-state index < -0.39 is 10.0 Å². The van der Waals surface area contributed by atoms with Crippen molar-refractivity contribution >= 4 is 15.9 Å². The summed E-state index contributed by atoms with van der Waals surface area (Å²) in [4.78, 5) is 12.1. The Labute approximate surface area is 153 Å². The first kappa shape index (κ1) is 20.1. The second kappa shape index (κ2) is 9.45. The van der Waals surface area contributed by atoms with Crippen LogP contribution >= 0.6 is 0 Å². The lowest BCUT2D eigenvalue weighted by Crippen LogP contribution is -2.41. The van der Waals surface area contributed by atoms with Gasteiger partial charge in [0.05, 0.1) is 12.8 Å². The molecular formula is C19H23FN2O3S. The summed E-state index contributed by atoms with van der Waals surface area (Å²) in [6.45, 7) is 0.379. The number of hydrogen-bond donors (Lipinski definition) is 1. The van der Waals surface area contributed by atoms with Crippen molar-refractivity contribution in [2.24, 2.45) is 0 Å². The van der Waals surface area contributed by atoms with Gasteiger partial charge in [0, 0.05) is 13.1 Å². The Balaban J connectivity index is 1.84. The Kier molecular flexibility index (Phi) is 7.29. The van der Waals surface area contributed by atoms with Crippen LogP contribution in [0.25, 0.3) is 0 Å². The molecule has 2 aromatic rings. The van der Waals surface area contributed by atoms with E-state index in [4.69, 9.17) is 0 Å². The van der Waals surface area contributed by atoms with Crippen molar-refractivity contribution in [1.29, 1.82) is 0 Å². The van der Waals surface area contributed by atoms with E-state index in [2.05, 4.69) is 5.32 Å². The lowest BCUT2D eigenvalue weighted by molar-refractivity contribution is -0.121. The Morgan fingerprint density at radius 3 is 2.23 bits per heavy atom. The number of benzene rings is 2. The number of amides is 1. The van der Waals surface area contributed by atoms with E-state index in [1.165, 1.54) is 12.1 Å². The molecule has 0 heterocycles. The zero-order valence-corrected chi connectivity index (χ0v) is 15.5. The van der Waals surface area contributed by atoms with Crippen molar-refractivity contribution in [3.63, 3.8) is 0 Å². The molecule has 5 nitrogen and oxygen atoms in total. The molecule has 0 aliphatic heterocycles. The summed E-state index contributed by atoms with van der Waals surface area (Å²) in [6, 6.07) is 15.6. The molecular weight excluding hydrogens is 355 g/mol. The number of halogens is 1. The van der Waals surface area contributed by atoms with E-state index in [0.717, 1.165) is 21.7 Å². The first-order chi connectivity index (χ1) is 12.3. The average molecular weight is 378 g/mol. The summed E-state index contributed by atoms with van der Waals surface area (Å²) < 4.78 is 37.9. The van der Waals surface area contributed by atoms with Crippen LogP contribution in [0.2, 0.25) is 0 Å². The second-order valence-electron chi connectivity index (χ2n) is 6.06. The van der Waals surface area contributed by atoms with Gasteiger partial charge in [0.2, 0.25) is 15.9 Å². The summed E-state index contributed by atoms with van der Waals surface area (Å²) in [5, 5.41) is 2.74. The van der Waals surface area contributed by atoms with Gasteiger partial charge in [-0.2, -0.15) is 4.31 Å². The summed E-state index contributed by atoms with van der Waals surface area (Å²) >= 11 is 0. The molecule has 0 saturated heterocycles. The zero-order valence-electron chi connectivity index (χ0n) is 14.7. The van der Waals surface area contributed by atoms with Gasteiger partial charge >= 0.3 is 0 Å². The van der Waals surface area contributed by atoms with Crippen molar-refractivity contribution in [2.75, 3.05) is 25.9 Å². The molecule has 0 radical (unpaired) electrons. The fourth-order valence-corrected chi connectivity index (χ4v) is 3.25. The van der Waals surface area contributed by atoms with Crippen LogP contribution < -0.4 is 5.32 Å². The predicted octanol–water partition coefficient (Wildman–Crippen LogP) is 1.99. The number of carbonyl (C=O) groups excluding carboxylic acids is 1. The molecule has 0 atom stereocenters. The summed E-state index contributed by atoms with van der Waals surface area (Å²) in [7, 11) is -3.52. The van der Waals surface area contributed by atoms with E-state index in [0.29, 0.717) is 19.4 Å². The van der Waals surface area contributed by atoms with E-state index in [9.17, 15) is 17.6 Å². The molecule has 0 bridgehead atoms. The van der Waals surface area contributed by atoms with Crippen LogP contribution in [-0.4, -0.2) is 44.5 Å². The third-order valence-corrected chi connectivity index (χ3v) is 5.18. The third-order valence-electron chi connectivity index (χ3n) is 3.93. The van der Waals surface area contributed by atoms with E-state index in [1.807, 2.05) is 30.3 Å². The minimum Gasteiger partial charge on any atom is -0.355 e. The number of nitrogens with zero attached hydrogens (tertiary/aromatic N) is 1. The van der Waals surface area contributed by atoms with Crippen LogP contribution in [0, 0.1) is 5.82 Å². The molecule has 1 amide bonds. The number of hydrogen-bond acceptors (Lipinski definition) is 3. The molecule has 1 N–H and O–H groups in total. The molecule has 7 heteroatoms. The number of sulfonamides is 1. The van der Waals surface area contributed by atoms with E-state index in [1.54, 1.807) is 12.1 Å². The minimum atomic E-state index is -3.52. The maximum atomic E-state index is 12.9. The summed E-state index contributed by atoms with van der Waals surface area (Å²) in [5.41, 5.74) is 1.91. The zero-order chi connectivity index (χ0) is 19.0. The molecule has 0 fully saturated rings. The molecule has 0 aliphatic carbocycles. The molecule has 26 heavy (non-hydrogen) atoms. The van der Waals surface area contributed by atoms with Crippen molar-refractivity contribution in [2.45, 2.75) is 12.8 Å². The van der Waals surface area contributed by atoms with Gasteiger partial charge in [0.15, 0.2) is 0 Å². The molecule has 140 valence electrons. The van der Waals surface area contributed by atoms with Gasteiger partial charge in [0.25, 0.3) is 0 Å².